The third-order valence-electron chi connectivity index (χ3n) is 6.56. The van der Waals surface area contributed by atoms with Gasteiger partial charge in [-0.05, 0) is 62.5 Å². The Labute approximate surface area is 244 Å². The Balaban J connectivity index is 1.84. The standard InChI is InChI=1S/C30H32N5O6P/c1-20(41-42(37,38)39)35-19-28(22-9-6-8-21(12-22)17-31)27-15-24(18-32-30(27)35)23-13-25(16-26(14-23)40-5)34(4)29(36)10-7-11-33(2)3/h6-10,12-16,18-20H,11H2,1-5H3,(H2,37,38,39)/b10-7+. The molecular weight excluding hydrogens is 557 g/mol. The lowest BCUT2D eigenvalue weighted by Crippen LogP contribution is -2.24. The molecule has 0 aliphatic carbocycles. The van der Waals surface area contributed by atoms with Crippen LogP contribution in [0.2, 0.25) is 0 Å². The van der Waals surface area contributed by atoms with Gasteiger partial charge in [0.2, 0.25) is 5.91 Å². The van der Waals surface area contributed by atoms with E-state index in [1.54, 1.807) is 56.9 Å². The third-order valence-corrected chi connectivity index (χ3v) is 7.14. The highest BCUT2D eigenvalue weighted by Crippen LogP contribution is 2.43. The second-order valence-corrected chi connectivity index (χ2v) is 11.1. The van der Waals surface area contributed by atoms with Crippen molar-refractivity contribution < 1.29 is 28.4 Å². The number of phosphoric ester groups is 1. The fourth-order valence-corrected chi connectivity index (χ4v) is 4.97. The molecule has 0 bridgehead atoms. The third kappa shape index (κ3) is 7.12. The number of ether oxygens (including phenoxy) is 1. The summed E-state index contributed by atoms with van der Waals surface area (Å²) in [6, 6.07) is 16.5. The first-order chi connectivity index (χ1) is 19.9. The number of carbonyl (C=O) groups excluding carboxylic acids is 1. The number of carbonyl (C=O) groups is 1. The molecule has 1 unspecified atom stereocenters. The van der Waals surface area contributed by atoms with Crippen molar-refractivity contribution in [3.8, 4) is 34.1 Å². The van der Waals surface area contributed by atoms with Crippen molar-refractivity contribution in [3.05, 3.63) is 78.6 Å². The van der Waals surface area contributed by atoms with Crippen LogP contribution in [0.25, 0.3) is 33.3 Å². The van der Waals surface area contributed by atoms with E-state index in [4.69, 9.17) is 9.26 Å². The number of likely N-dealkylation sites (N-methyl/N-ethyl adjacent to an activating group) is 2. The van der Waals surface area contributed by atoms with E-state index in [1.807, 2.05) is 43.3 Å². The topological polar surface area (TPSA) is 141 Å². The molecular formula is C30H32N5O6P. The second-order valence-electron chi connectivity index (χ2n) is 9.91. The molecule has 1 amide bonds. The fourth-order valence-electron chi connectivity index (χ4n) is 4.47. The molecule has 2 aromatic carbocycles. The van der Waals surface area contributed by atoms with Gasteiger partial charge in [-0.3, -0.25) is 9.32 Å². The molecule has 0 radical (unpaired) electrons. The van der Waals surface area contributed by atoms with Crippen molar-refractivity contribution in [3.63, 3.8) is 0 Å². The maximum Gasteiger partial charge on any atom is 0.471 e. The lowest BCUT2D eigenvalue weighted by molar-refractivity contribution is -0.113. The number of hydrogen-bond donors (Lipinski definition) is 2. The quantitative estimate of drug-likeness (QED) is 0.194. The molecule has 1 atom stereocenters. The molecule has 0 aliphatic rings. The minimum atomic E-state index is -4.79. The summed E-state index contributed by atoms with van der Waals surface area (Å²) in [6.45, 7) is 2.14. The molecule has 4 rings (SSSR count). The van der Waals surface area contributed by atoms with E-state index >= 15 is 0 Å². The van der Waals surface area contributed by atoms with E-state index in [-0.39, 0.29) is 5.91 Å². The summed E-state index contributed by atoms with van der Waals surface area (Å²) in [4.78, 5) is 39.8. The maximum atomic E-state index is 12.8. The Morgan fingerprint density at radius 3 is 2.57 bits per heavy atom. The Morgan fingerprint density at radius 2 is 1.90 bits per heavy atom. The second kappa shape index (κ2) is 12.7. The summed E-state index contributed by atoms with van der Waals surface area (Å²) in [5.41, 5.74) is 4.37. The number of nitrogens with zero attached hydrogens (tertiary/aromatic N) is 5. The predicted octanol–water partition coefficient (Wildman–Crippen LogP) is 4.96. The maximum absolute atomic E-state index is 12.8. The summed E-state index contributed by atoms with van der Waals surface area (Å²) in [7, 11) is 2.28. The van der Waals surface area contributed by atoms with Crippen LogP contribution in [-0.2, 0) is 13.9 Å². The minimum Gasteiger partial charge on any atom is -0.497 e. The number of phosphoric acid groups is 1. The first-order valence-corrected chi connectivity index (χ1v) is 14.5. The highest BCUT2D eigenvalue weighted by atomic mass is 31.2. The van der Waals surface area contributed by atoms with Gasteiger partial charge in [-0.15, -0.1) is 0 Å². The van der Waals surface area contributed by atoms with Crippen LogP contribution in [0.5, 0.6) is 5.75 Å². The van der Waals surface area contributed by atoms with E-state index in [2.05, 4.69) is 11.1 Å². The molecule has 0 aliphatic heterocycles. The predicted molar refractivity (Wildman–Crippen MR) is 161 cm³/mol. The summed E-state index contributed by atoms with van der Waals surface area (Å²) < 4.78 is 23.6. The molecule has 2 heterocycles. The van der Waals surface area contributed by atoms with Gasteiger partial charge in [0.15, 0.2) is 0 Å². The van der Waals surface area contributed by atoms with Crippen molar-refractivity contribution >= 4 is 30.5 Å². The van der Waals surface area contributed by atoms with Crippen LogP contribution < -0.4 is 9.64 Å². The van der Waals surface area contributed by atoms with Crippen molar-refractivity contribution in [2.75, 3.05) is 39.7 Å². The van der Waals surface area contributed by atoms with Gasteiger partial charge in [-0.25, -0.2) is 9.55 Å². The number of methoxy groups -OCH3 is 1. The molecule has 42 heavy (non-hydrogen) atoms. The molecule has 2 aromatic heterocycles. The van der Waals surface area contributed by atoms with Gasteiger partial charge >= 0.3 is 7.82 Å². The van der Waals surface area contributed by atoms with Crippen molar-refractivity contribution in [1.82, 2.24) is 14.5 Å². The number of hydrogen-bond acceptors (Lipinski definition) is 7. The van der Waals surface area contributed by atoms with Crippen LogP contribution in [0, 0.1) is 11.3 Å². The summed E-state index contributed by atoms with van der Waals surface area (Å²) in [5.74, 6) is 0.350. The fraction of sp³-hybridized carbons (Fsp3) is 0.233. The average Bonchev–Trinajstić information content (AvgIpc) is 3.34. The highest BCUT2D eigenvalue weighted by Gasteiger charge is 2.24. The monoisotopic (exact) mass is 589 g/mol. The highest BCUT2D eigenvalue weighted by molar-refractivity contribution is 7.46. The molecule has 4 aromatic rings. The zero-order valence-electron chi connectivity index (χ0n) is 23.9. The number of amides is 1. The van der Waals surface area contributed by atoms with Crippen molar-refractivity contribution in [1.29, 1.82) is 5.26 Å². The lowest BCUT2D eigenvalue weighted by Gasteiger charge is -2.18. The SMILES string of the molecule is COc1cc(-c2cnc3c(c2)c(-c2cccc(C#N)c2)cn3C(C)OP(=O)(O)O)cc(N(C)C(=O)/C=C/CN(C)C)c1. The first-order valence-electron chi connectivity index (χ1n) is 12.9. The van der Waals surface area contributed by atoms with Crippen LogP contribution in [0.3, 0.4) is 0 Å². The van der Waals surface area contributed by atoms with Crippen LogP contribution in [0.15, 0.2) is 73.1 Å². The van der Waals surface area contributed by atoms with E-state index in [9.17, 15) is 24.4 Å². The van der Waals surface area contributed by atoms with Gasteiger partial charge in [-0.1, -0.05) is 18.2 Å². The summed E-state index contributed by atoms with van der Waals surface area (Å²) in [5, 5.41) is 10.1. The molecule has 2 N–H and O–H groups in total. The normalized spacial score (nSPS) is 12.5. The number of pyridine rings is 1. The molecule has 0 fully saturated rings. The van der Waals surface area contributed by atoms with E-state index in [1.165, 1.54) is 22.5 Å². The van der Waals surface area contributed by atoms with Gasteiger partial charge in [-0.2, -0.15) is 5.26 Å². The number of nitriles is 1. The van der Waals surface area contributed by atoms with Crippen LogP contribution in [0.1, 0.15) is 18.7 Å². The van der Waals surface area contributed by atoms with Gasteiger partial charge in [0.25, 0.3) is 0 Å². The Morgan fingerprint density at radius 1 is 1.14 bits per heavy atom. The average molecular weight is 590 g/mol. The summed E-state index contributed by atoms with van der Waals surface area (Å²) >= 11 is 0. The molecule has 218 valence electrons. The number of aromatic nitrogens is 2. The van der Waals surface area contributed by atoms with Crippen LogP contribution in [-0.4, -0.2) is 64.9 Å². The zero-order chi connectivity index (χ0) is 30.6. The number of fused-ring (bicyclic) bond motifs is 1. The Hall–Kier alpha value is -4.30. The van der Waals surface area contributed by atoms with Gasteiger partial charge < -0.3 is 28.9 Å². The summed E-state index contributed by atoms with van der Waals surface area (Å²) in [6.07, 6.45) is 5.61. The Bertz CT molecular complexity index is 1740. The Kier molecular flexibility index (Phi) is 9.27. The van der Waals surface area contributed by atoms with Crippen molar-refractivity contribution in [2.45, 2.75) is 13.2 Å². The molecule has 0 spiro atoms. The molecule has 12 heteroatoms. The zero-order valence-corrected chi connectivity index (χ0v) is 24.8. The van der Waals surface area contributed by atoms with Gasteiger partial charge in [0.05, 0.1) is 18.7 Å². The van der Waals surface area contributed by atoms with E-state index < -0.39 is 14.1 Å². The van der Waals surface area contributed by atoms with Crippen molar-refractivity contribution in [2.24, 2.45) is 0 Å². The largest absolute Gasteiger partial charge is 0.497 e. The van der Waals surface area contributed by atoms with E-state index in [0.717, 1.165) is 11.1 Å². The smallest absolute Gasteiger partial charge is 0.471 e. The van der Waals surface area contributed by atoms with Gasteiger partial charge in [0, 0.05) is 60.3 Å². The minimum absolute atomic E-state index is 0.194. The first kappa shape index (κ1) is 30.7. The number of benzene rings is 2. The van der Waals surface area contributed by atoms with Crippen LogP contribution >= 0.6 is 7.82 Å². The van der Waals surface area contributed by atoms with Crippen LogP contribution in [0.4, 0.5) is 5.69 Å². The molecule has 0 saturated heterocycles. The number of rotatable bonds is 10. The lowest BCUT2D eigenvalue weighted by atomic mass is 10.0. The van der Waals surface area contributed by atoms with E-state index in [0.29, 0.717) is 45.7 Å². The van der Waals surface area contributed by atoms with Gasteiger partial charge in [0.1, 0.15) is 17.6 Å². The number of anilines is 1. The molecule has 11 nitrogen and oxygen atoms in total. The molecule has 0 saturated carbocycles.